The van der Waals surface area contributed by atoms with E-state index in [9.17, 15) is 4.79 Å². The molecule has 0 spiro atoms. The molecule has 0 radical (unpaired) electrons. The van der Waals surface area contributed by atoms with E-state index in [4.69, 9.17) is 39.5 Å². The predicted molar refractivity (Wildman–Crippen MR) is 106 cm³/mol. The molecule has 4 rings (SSSR count). The zero-order valence-electron chi connectivity index (χ0n) is 13.2. The second-order valence-electron chi connectivity index (χ2n) is 5.58. The number of amides is 1. The Morgan fingerprint density at radius 3 is 2.62 bits per heavy atom. The van der Waals surface area contributed by atoms with Gasteiger partial charge in [0.2, 0.25) is 3.79 Å². The second kappa shape index (κ2) is 6.82. The van der Waals surface area contributed by atoms with Crippen molar-refractivity contribution in [3.63, 3.8) is 0 Å². The Bertz CT molecular complexity index is 1010. The van der Waals surface area contributed by atoms with Gasteiger partial charge in [0.15, 0.2) is 5.82 Å². The van der Waals surface area contributed by atoms with E-state index in [-0.39, 0.29) is 6.61 Å². The number of benzene rings is 2. The van der Waals surface area contributed by atoms with Gasteiger partial charge in [-0.15, -0.1) is 0 Å². The number of fused-ring (bicyclic) bond motifs is 3. The Balaban J connectivity index is 1.82. The molecule has 0 bridgehead atoms. The number of ether oxygens (including phenoxy) is 1. The van der Waals surface area contributed by atoms with Gasteiger partial charge < -0.3 is 4.74 Å². The Kier molecular flexibility index (Phi) is 4.65. The van der Waals surface area contributed by atoms with Crippen LogP contribution in [0.4, 0.5) is 16.3 Å². The quantitative estimate of drug-likeness (QED) is 0.426. The van der Waals surface area contributed by atoms with E-state index in [2.05, 4.69) is 4.98 Å². The number of hydrogen-bond acceptors (Lipinski definition) is 4. The highest BCUT2D eigenvalue weighted by Crippen LogP contribution is 2.48. The van der Waals surface area contributed by atoms with Gasteiger partial charge in [-0.1, -0.05) is 76.9 Å². The summed E-state index contributed by atoms with van der Waals surface area (Å²) in [6.45, 7) is -0.356. The van der Waals surface area contributed by atoms with Crippen molar-refractivity contribution in [1.82, 2.24) is 4.98 Å². The van der Waals surface area contributed by atoms with E-state index in [1.54, 1.807) is 11.8 Å². The molecule has 0 fully saturated rings. The lowest BCUT2D eigenvalue weighted by Gasteiger charge is -2.29. The van der Waals surface area contributed by atoms with E-state index >= 15 is 0 Å². The minimum Gasteiger partial charge on any atom is -0.444 e. The second-order valence-corrected chi connectivity index (χ2v) is 9.18. The first-order valence-corrected chi connectivity index (χ1v) is 9.58. The van der Waals surface area contributed by atoms with Crippen molar-refractivity contribution in [3.8, 4) is 0 Å². The van der Waals surface area contributed by atoms with Crippen molar-refractivity contribution in [2.45, 2.75) is 13.6 Å². The molecule has 2 aromatic carbocycles. The third-order valence-electron chi connectivity index (χ3n) is 3.75. The molecule has 8 heteroatoms. The highest BCUT2D eigenvalue weighted by molar-refractivity contribution is 7.99. The van der Waals surface area contributed by atoms with Gasteiger partial charge in [-0.2, -0.15) is 0 Å². The molecule has 1 amide bonds. The van der Waals surface area contributed by atoms with Crippen LogP contribution in [0.2, 0.25) is 0 Å². The van der Waals surface area contributed by atoms with E-state index in [0.29, 0.717) is 11.5 Å². The van der Waals surface area contributed by atoms with Crippen molar-refractivity contribution < 1.29 is 9.53 Å². The van der Waals surface area contributed by atoms with Crippen LogP contribution in [-0.4, -0.2) is 21.5 Å². The number of para-hydroxylation sites is 2. The van der Waals surface area contributed by atoms with Crippen molar-refractivity contribution >= 4 is 75.1 Å². The summed E-state index contributed by atoms with van der Waals surface area (Å²) in [7, 11) is 0. The average Bonchev–Trinajstić information content (AvgIpc) is 2.62. The molecule has 0 atom stereocenters. The molecular weight excluding hydrogens is 415 g/mol. The van der Waals surface area contributed by atoms with Gasteiger partial charge in [0.05, 0.1) is 16.1 Å². The zero-order chi connectivity index (χ0) is 18.3. The summed E-state index contributed by atoms with van der Waals surface area (Å²) in [6, 6.07) is 17.3. The molecule has 0 unspecified atom stereocenters. The molecule has 2 heterocycles. The molecule has 1 aliphatic rings. The van der Waals surface area contributed by atoms with Gasteiger partial charge in [0.25, 0.3) is 0 Å². The lowest BCUT2D eigenvalue weighted by Crippen LogP contribution is -2.32. The monoisotopic (exact) mass is 424 g/mol. The zero-order valence-corrected chi connectivity index (χ0v) is 16.2. The highest BCUT2D eigenvalue weighted by Gasteiger charge is 2.32. The summed E-state index contributed by atoms with van der Waals surface area (Å²) in [5.41, 5.74) is 1.47. The Morgan fingerprint density at radius 2 is 1.81 bits per heavy atom. The molecule has 26 heavy (non-hydrogen) atoms. The SMILES string of the molecule is O=C(OCC(Cl)(Cl)Cl)N1c2ccccc2Sc2cc3ccccc3nc21. The van der Waals surface area contributed by atoms with Crippen LogP contribution in [0.3, 0.4) is 0 Å². The van der Waals surface area contributed by atoms with Gasteiger partial charge in [0.1, 0.15) is 6.61 Å². The lowest BCUT2D eigenvalue weighted by atomic mass is 10.2. The maximum absolute atomic E-state index is 12.8. The Hall–Kier alpha value is -1.66. The van der Waals surface area contributed by atoms with Crippen molar-refractivity contribution in [2.24, 2.45) is 0 Å². The molecule has 132 valence electrons. The Morgan fingerprint density at radius 1 is 1.08 bits per heavy atom. The average molecular weight is 426 g/mol. The number of carbonyl (C=O) groups is 1. The molecule has 4 nitrogen and oxygen atoms in total. The summed E-state index contributed by atoms with van der Waals surface area (Å²) in [6.07, 6.45) is -0.645. The number of pyridine rings is 1. The number of carbonyl (C=O) groups excluding carboxylic acids is 1. The first-order valence-electron chi connectivity index (χ1n) is 7.63. The maximum atomic E-state index is 12.8. The van der Waals surface area contributed by atoms with Crippen molar-refractivity contribution in [1.29, 1.82) is 0 Å². The summed E-state index contributed by atoms with van der Waals surface area (Å²) in [4.78, 5) is 20.6. The molecular formula is C18H11Cl3N2O2S. The van der Waals surface area contributed by atoms with Crippen LogP contribution < -0.4 is 4.90 Å². The smallest absolute Gasteiger partial charge is 0.420 e. The molecule has 0 saturated carbocycles. The van der Waals surface area contributed by atoms with E-state index < -0.39 is 9.89 Å². The number of aromatic nitrogens is 1. The summed E-state index contributed by atoms with van der Waals surface area (Å²) in [5, 5.41) is 0.993. The van der Waals surface area contributed by atoms with E-state index in [1.165, 1.54) is 4.90 Å². The molecule has 1 aromatic heterocycles. The van der Waals surface area contributed by atoms with E-state index in [1.807, 2.05) is 54.6 Å². The van der Waals surface area contributed by atoms with Gasteiger partial charge in [-0.25, -0.2) is 14.7 Å². The van der Waals surface area contributed by atoms with E-state index in [0.717, 1.165) is 20.7 Å². The number of hydrogen-bond donors (Lipinski definition) is 0. The van der Waals surface area contributed by atoms with Gasteiger partial charge >= 0.3 is 6.09 Å². The highest BCUT2D eigenvalue weighted by atomic mass is 35.6. The number of alkyl halides is 3. The maximum Gasteiger partial charge on any atom is 0.420 e. The predicted octanol–water partition coefficient (Wildman–Crippen LogP) is 6.34. The van der Waals surface area contributed by atoms with Gasteiger partial charge in [-0.3, -0.25) is 0 Å². The molecule has 3 aromatic rings. The number of anilines is 2. The fourth-order valence-electron chi connectivity index (χ4n) is 2.68. The largest absolute Gasteiger partial charge is 0.444 e. The summed E-state index contributed by atoms with van der Waals surface area (Å²) < 4.78 is 3.53. The summed E-state index contributed by atoms with van der Waals surface area (Å²) >= 11 is 18.7. The van der Waals surface area contributed by atoms with Crippen LogP contribution in [0, 0.1) is 0 Å². The fraction of sp³-hybridized carbons (Fsp3) is 0.111. The van der Waals surface area contributed by atoms with Crippen LogP contribution in [0.25, 0.3) is 10.9 Å². The molecule has 0 aliphatic carbocycles. The van der Waals surface area contributed by atoms with Crippen LogP contribution in [0.5, 0.6) is 0 Å². The minimum absolute atomic E-state index is 0.356. The first-order chi connectivity index (χ1) is 12.4. The van der Waals surface area contributed by atoms with Crippen LogP contribution in [0.15, 0.2) is 64.4 Å². The third-order valence-corrected chi connectivity index (χ3v) is 5.16. The van der Waals surface area contributed by atoms with Crippen LogP contribution >= 0.6 is 46.6 Å². The van der Waals surface area contributed by atoms with Gasteiger partial charge in [-0.05, 0) is 24.3 Å². The standard InChI is InChI=1S/C18H11Cl3N2O2S/c19-18(20,21)10-25-17(24)23-13-7-3-4-8-14(13)26-15-9-11-5-1-2-6-12(11)22-16(15)23/h1-9H,10H2. The minimum atomic E-state index is -1.68. The molecule has 0 N–H and O–H groups in total. The Labute approximate surface area is 169 Å². The number of rotatable bonds is 1. The van der Waals surface area contributed by atoms with Crippen molar-refractivity contribution in [2.75, 3.05) is 11.5 Å². The fourth-order valence-corrected chi connectivity index (χ4v) is 3.90. The summed E-state index contributed by atoms with van der Waals surface area (Å²) in [5.74, 6) is 0.502. The third kappa shape index (κ3) is 3.45. The van der Waals surface area contributed by atoms with Gasteiger partial charge in [0, 0.05) is 10.3 Å². The normalized spacial score (nSPS) is 13.3. The number of halogens is 3. The molecule has 0 saturated heterocycles. The topological polar surface area (TPSA) is 42.4 Å². The lowest BCUT2D eigenvalue weighted by molar-refractivity contribution is 0.158. The van der Waals surface area contributed by atoms with Crippen molar-refractivity contribution in [3.05, 3.63) is 54.6 Å². The van der Waals surface area contributed by atoms with Crippen LogP contribution in [0.1, 0.15) is 0 Å². The van der Waals surface area contributed by atoms with Crippen LogP contribution in [-0.2, 0) is 4.74 Å². The molecule has 1 aliphatic heterocycles. The number of nitrogens with zero attached hydrogens (tertiary/aromatic N) is 2. The first kappa shape index (κ1) is 17.7.